The number of nitrogens with one attached hydrogen (secondary N) is 1. The molecule has 1 N–H and O–H groups in total. The number of hydrogen-bond acceptors (Lipinski definition) is 7. The molecule has 1 amide bonds. The summed E-state index contributed by atoms with van der Waals surface area (Å²) < 4.78 is 33.9. The van der Waals surface area contributed by atoms with Gasteiger partial charge in [0, 0.05) is 18.8 Å². The first kappa shape index (κ1) is 21.4. The highest BCUT2D eigenvalue weighted by Gasteiger charge is 2.28. The summed E-state index contributed by atoms with van der Waals surface area (Å²) in [5, 5.41) is 13.8. The molecule has 1 aliphatic heterocycles. The van der Waals surface area contributed by atoms with Crippen molar-refractivity contribution >= 4 is 33.2 Å². The van der Waals surface area contributed by atoms with Crippen molar-refractivity contribution in [3.8, 4) is 5.69 Å². The maximum atomic E-state index is 12.9. The number of sulfonamides is 1. The summed E-state index contributed by atoms with van der Waals surface area (Å²) in [4.78, 5) is 12.4. The van der Waals surface area contributed by atoms with E-state index in [-0.39, 0.29) is 35.3 Å². The van der Waals surface area contributed by atoms with Crippen LogP contribution in [0.25, 0.3) is 5.69 Å². The molecule has 31 heavy (non-hydrogen) atoms. The first-order chi connectivity index (χ1) is 14.9. The van der Waals surface area contributed by atoms with Crippen LogP contribution in [0.4, 0.5) is 5.69 Å². The molecule has 0 bridgehead atoms. The summed E-state index contributed by atoms with van der Waals surface area (Å²) in [5.74, 6) is -0.285. The fourth-order valence-corrected chi connectivity index (χ4v) is 5.05. The van der Waals surface area contributed by atoms with Gasteiger partial charge in [-0.1, -0.05) is 23.7 Å². The number of rotatable bonds is 6. The molecule has 10 nitrogen and oxygen atoms in total. The summed E-state index contributed by atoms with van der Waals surface area (Å²) in [6.07, 6.45) is 1.59. The first-order valence-corrected chi connectivity index (χ1v) is 11.2. The predicted octanol–water partition coefficient (Wildman–Crippen LogP) is 1.52. The number of nitrogens with zero attached hydrogens (tertiary/aromatic N) is 5. The fourth-order valence-electron chi connectivity index (χ4n) is 3.14. The maximum Gasteiger partial charge on any atom is 0.244 e. The van der Waals surface area contributed by atoms with Crippen molar-refractivity contribution in [2.75, 3.05) is 31.6 Å². The van der Waals surface area contributed by atoms with Gasteiger partial charge in [0.25, 0.3) is 0 Å². The number of hydrogen-bond donors (Lipinski definition) is 1. The van der Waals surface area contributed by atoms with E-state index in [0.29, 0.717) is 18.9 Å². The Kier molecular flexibility index (Phi) is 6.28. The molecule has 1 aromatic heterocycles. The molecular formula is C19H19ClN6O4S. The number of ether oxygens (including phenoxy) is 1. The van der Waals surface area contributed by atoms with Gasteiger partial charge in [0.05, 0.1) is 30.3 Å². The number of tetrazole rings is 1. The van der Waals surface area contributed by atoms with Crippen LogP contribution in [0, 0.1) is 0 Å². The Morgan fingerprint density at radius 2 is 1.87 bits per heavy atom. The highest BCUT2D eigenvalue weighted by atomic mass is 35.5. The molecule has 1 saturated heterocycles. The van der Waals surface area contributed by atoms with Gasteiger partial charge in [-0.3, -0.25) is 4.79 Å². The summed E-state index contributed by atoms with van der Waals surface area (Å²) >= 11 is 6.16. The number of benzene rings is 2. The Labute approximate surface area is 183 Å². The van der Waals surface area contributed by atoms with E-state index in [1.54, 1.807) is 30.3 Å². The molecule has 0 aliphatic carbocycles. The number of carbonyl (C=O) groups excluding carboxylic acids is 1. The lowest BCUT2D eigenvalue weighted by molar-refractivity contribution is -0.115. The minimum Gasteiger partial charge on any atom is -0.379 e. The second-order valence-electron chi connectivity index (χ2n) is 6.81. The van der Waals surface area contributed by atoms with Gasteiger partial charge in [-0.15, -0.1) is 5.10 Å². The van der Waals surface area contributed by atoms with Crippen LogP contribution in [0.1, 0.15) is 5.56 Å². The third kappa shape index (κ3) is 4.90. The van der Waals surface area contributed by atoms with Crippen LogP contribution in [0.15, 0.2) is 53.7 Å². The van der Waals surface area contributed by atoms with Crippen LogP contribution in [0.2, 0.25) is 5.02 Å². The molecule has 0 atom stereocenters. The highest BCUT2D eigenvalue weighted by molar-refractivity contribution is 7.89. The van der Waals surface area contributed by atoms with Crippen molar-refractivity contribution in [1.29, 1.82) is 0 Å². The van der Waals surface area contributed by atoms with Gasteiger partial charge in [-0.2, -0.15) is 4.31 Å². The van der Waals surface area contributed by atoms with E-state index in [4.69, 9.17) is 16.3 Å². The van der Waals surface area contributed by atoms with Crippen LogP contribution >= 0.6 is 11.6 Å². The predicted molar refractivity (Wildman–Crippen MR) is 113 cm³/mol. The van der Waals surface area contributed by atoms with E-state index < -0.39 is 10.0 Å². The molecule has 162 valence electrons. The topological polar surface area (TPSA) is 119 Å². The minimum atomic E-state index is -3.78. The zero-order valence-electron chi connectivity index (χ0n) is 16.3. The van der Waals surface area contributed by atoms with E-state index in [1.165, 1.54) is 27.4 Å². The smallest absolute Gasteiger partial charge is 0.244 e. The van der Waals surface area contributed by atoms with Crippen molar-refractivity contribution in [3.05, 3.63) is 59.4 Å². The lowest BCUT2D eigenvalue weighted by Crippen LogP contribution is -2.40. The van der Waals surface area contributed by atoms with Crippen LogP contribution in [0.3, 0.4) is 0 Å². The summed E-state index contributed by atoms with van der Waals surface area (Å²) in [6.45, 7) is 1.19. The largest absolute Gasteiger partial charge is 0.379 e. The molecule has 3 aromatic rings. The molecule has 2 aromatic carbocycles. The van der Waals surface area contributed by atoms with Crippen LogP contribution < -0.4 is 5.32 Å². The molecule has 1 fully saturated rings. The monoisotopic (exact) mass is 462 g/mol. The first-order valence-electron chi connectivity index (χ1n) is 9.43. The Hall–Kier alpha value is -2.86. The van der Waals surface area contributed by atoms with E-state index in [9.17, 15) is 13.2 Å². The SMILES string of the molecule is O=C(Cc1ccc(-n2cnnn2)cc1)Nc1ccc(Cl)c(S(=O)(=O)N2CCOCC2)c1. The van der Waals surface area contributed by atoms with Crippen molar-refractivity contribution in [1.82, 2.24) is 24.5 Å². The van der Waals surface area contributed by atoms with Crippen LogP contribution in [-0.4, -0.2) is 65.1 Å². The summed E-state index contributed by atoms with van der Waals surface area (Å²) in [7, 11) is -3.78. The van der Waals surface area contributed by atoms with E-state index in [1.807, 2.05) is 0 Å². The zero-order chi connectivity index (χ0) is 21.8. The molecule has 0 unspecified atom stereocenters. The van der Waals surface area contributed by atoms with Gasteiger partial charge >= 0.3 is 0 Å². The van der Waals surface area contributed by atoms with Crippen molar-refractivity contribution < 1.29 is 17.9 Å². The highest BCUT2D eigenvalue weighted by Crippen LogP contribution is 2.28. The number of carbonyl (C=O) groups is 1. The minimum absolute atomic E-state index is 0.0420. The maximum absolute atomic E-state index is 12.9. The molecule has 0 saturated carbocycles. The van der Waals surface area contributed by atoms with Crippen LogP contribution in [-0.2, 0) is 26.0 Å². The second kappa shape index (κ2) is 9.10. The molecule has 12 heteroatoms. The van der Waals surface area contributed by atoms with Gasteiger partial charge in [0.2, 0.25) is 15.9 Å². The van der Waals surface area contributed by atoms with Gasteiger partial charge in [-0.05, 0) is 46.3 Å². The number of halogens is 1. The fraction of sp³-hybridized carbons (Fsp3) is 0.263. The number of aromatic nitrogens is 4. The molecule has 0 radical (unpaired) electrons. The summed E-state index contributed by atoms with van der Waals surface area (Å²) in [6, 6.07) is 11.6. The van der Waals surface area contributed by atoms with Crippen LogP contribution in [0.5, 0.6) is 0 Å². The summed E-state index contributed by atoms with van der Waals surface area (Å²) in [5.41, 5.74) is 1.90. The Balaban J connectivity index is 1.45. The van der Waals surface area contributed by atoms with Gasteiger partial charge in [0.1, 0.15) is 11.2 Å². The quantitative estimate of drug-likeness (QED) is 0.589. The normalized spacial score (nSPS) is 15.0. The average molecular weight is 463 g/mol. The second-order valence-corrected chi connectivity index (χ2v) is 9.12. The Bertz CT molecular complexity index is 1160. The molecule has 2 heterocycles. The molecule has 0 spiro atoms. The van der Waals surface area contributed by atoms with E-state index >= 15 is 0 Å². The van der Waals surface area contributed by atoms with Crippen molar-refractivity contribution in [2.45, 2.75) is 11.3 Å². The molecule has 4 rings (SSSR count). The van der Waals surface area contributed by atoms with Crippen molar-refractivity contribution in [3.63, 3.8) is 0 Å². The average Bonchev–Trinajstić information content (AvgIpc) is 3.31. The van der Waals surface area contributed by atoms with E-state index in [2.05, 4.69) is 20.8 Å². The van der Waals surface area contributed by atoms with Gasteiger partial charge in [0.15, 0.2) is 0 Å². The lowest BCUT2D eigenvalue weighted by atomic mass is 10.1. The van der Waals surface area contributed by atoms with Gasteiger partial charge < -0.3 is 10.1 Å². The Morgan fingerprint density at radius 1 is 1.13 bits per heavy atom. The standard InChI is InChI=1S/C19H19ClN6O4S/c20-17-6-3-15(12-18(17)31(28,29)25-7-9-30-10-8-25)22-19(27)11-14-1-4-16(5-2-14)26-13-21-23-24-26/h1-6,12-13H,7-11H2,(H,22,27). The third-order valence-electron chi connectivity index (χ3n) is 4.72. The van der Waals surface area contributed by atoms with Crippen molar-refractivity contribution in [2.24, 2.45) is 0 Å². The zero-order valence-corrected chi connectivity index (χ0v) is 17.9. The molecule has 1 aliphatic rings. The van der Waals surface area contributed by atoms with E-state index in [0.717, 1.165) is 11.3 Å². The Morgan fingerprint density at radius 3 is 2.55 bits per heavy atom. The number of anilines is 1. The third-order valence-corrected chi connectivity index (χ3v) is 7.10. The molecular weight excluding hydrogens is 444 g/mol. The number of morpholine rings is 1. The lowest BCUT2D eigenvalue weighted by Gasteiger charge is -2.26. The number of amides is 1. The van der Waals surface area contributed by atoms with Gasteiger partial charge in [-0.25, -0.2) is 13.1 Å².